The van der Waals surface area contributed by atoms with E-state index in [1.807, 2.05) is 86.3 Å². The highest BCUT2D eigenvalue weighted by Crippen LogP contribution is 2.61. The molecule has 4 amide bonds. The van der Waals surface area contributed by atoms with Crippen molar-refractivity contribution in [2.24, 2.45) is 5.92 Å². The number of nitrogens with zero attached hydrogens (tertiary/aromatic N) is 4. The number of methoxy groups -OCH3 is 1. The van der Waals surface area contributed by atoms with Gasteiger partial charge in [0.25, 0.3) is 5.91 Å². The van der Waals surface area contributed by atoms with Crippen molar-refractivity contribution in [1.82, 2.24) is 4.90 Å². The first kappa shape index (κ1) is 45.8. The van der Waals surface area contributed by atoms with Gasteiger partial charge in [0.05, 0.1) is 52.6 Å². The summed E-state index contributed by atoms with van der Waals surface area (Å²) in [7, 11) is -0.963. The summed E-state index contributed by atoms with van der Waals surface area (Å²) in [5.41, 5.74) is 4.57. The van der Waals surface area contributed by atoms with Crippen LogP contribution in [-0.4, -0.2) is 80.7 Å². The number of carbonyl (C=O) groups is 4. The summed E-state index contributed by atoms with van der Waals surface area (Å²) in [4.78, 5) is 65.2. The van der Waals surface area contributed by atoms with E-state index < -0.39 is 19.8 Å². The predicted octanol–water partition coefficient (Wildman–Crippen LogP) is 8.39. The van der Waals surface area contributed by atoms with Crippen LogP contribution in [0, 0.1) is 5.92 Å². The number of aliphatic hydroxyl groups excluding tert-OH is 1. The Balaban J connectivity index is 1.12. The fourth-order valence-electron chi connectivity index (χ4n) is 12.0. The highest BCUT2D eigenvalue weighted by molar-refractivity contribution is 6.91. The molecule has 11 nitrogen and oxygen atoms in total. The average Bonchev–Trinajstić information content (AvgIpc) is 3.74. The molecule has 1 spiro atoms. The molecule has 1 N–H and O–H groups in total. The monoisotopic (exact) mass is 910 g/mol. The summed E-state index contributed by atoms with van der Waals surface area (Å²) in [6, 6.07) is 30.0. The molecule has 5 aliphatic heterocycles. The Bertz CT molecular complexity index is 2440. The van der Waals surface area contributed by atoms with Crippen molar-refractivity contribution in [3.8, 4) is 5.75 Å². The lowest BCUT2D eigenvalue weighted by Crippen LogP contribution is -2.52. The molecule has 0 radical (unpaired) electrons. The van der Waals surface area contributed by atoms with Crippen molar-refractivity contribution in [2.75, 3.05) is 41.5 Å². The molecule has 4 aromatic rings. The number of carbonyl (C=O) groups excluding carboxylic acids is 4. The second-order valence-corrected chi connectivity index (χ2v) is 24.6. The van der Waals surface area contributed by atoms with E-state index in [9.17, 15) is 19.5 Å². The molecule has 0 unspecified atom stereocenters. The molecule has 5 heterocycles. The van der Waals surface area contributed by atoms with Crippen LogP contribution in [0.25, 0.3) is 0 Å². The van der Waals surface area contributed by atoms with Gasteiger partial charge in [0.15, 0.2) is 5.60 Å². The van der Waals surface area contributed by atoms with Crippen LogP contribution < -0.4 is 24.6 Å². The van der Waals surface area contributed by atoms with E-state index in [2.05, 4.69) is 44.3 Å². The van der Waals surface area contributed by atoms with Crippen molar-refractivity contribution < 1.29 is 33.8 Å². The number of ether oxygens (including phenoxy) is 2. The van der Waals surface area contributed by atoms with Gasteiger partial charge < -0.3 is 34.2 Å². The lowest BCUT2D eigenvalue weighted by atomic mass is 9.82. The van der Waals surface area contributed by atoms with E-state index in [0.717, 1.165) is 96.4 Å². The number of rotatable bonds is 10. The normalized spacial score (nSPS) is 25.0. The van der Waals surface area contributed by atoms with Crippen molar-refractivity contribution in [3.05, 3.63) is 113 Å². The number of hydrogen-bond donors (Lipinski definition) is 1. The third-order valence-corrected chi connectivity index (χ3v) is 20.0. The molecule has 348 valence electrons. The Morgan fingerprint density at radius 2 is 1.41 bits per heavy atom. The zero-order chi connectivity index (χ0) is 46.2. The van der Waals surface area contributed by atoms with Gasteiger partial charge in [-0.2, -0.15) is 0 Å². The number of fused-ring (bicyclic) bond motifs is 3. The molecule has 0 aromatic heterocycles. The maximum absolute atomic E-state index is 15.9. The lowest BCUT2D eigenvalue weighted by molar-refractivity contribution is -0.151. The number of aliphatic hydroxyl groups is 1. The van der Waals surface area contributed by atoms with Crippen LogP contribution in [-0.2, 0) is 49.0 Å². The van der Waals surface area contributed by atoms with Gasteiger partial charge in [-0.25, -0.2) is 0 Å². The predicted molar refractivity (Wildman–Crippen MR) is 261 cm³/mol. The van der Waals surface area contributed by atoms with Crippen LogP contribution >= 0.6 is 0 Å². The first-order valence-electron chi connectivity index (χ1n) is 24.4. The molecule has 4 aromatic carbocycles. The minimum absolute atomic E-state index is 0.0472. The Kier molecular flexibility index (Phi) is 13.3. The molecule has 66 heavy (non-hydrogen) atoms. The first-order chi connectivity index (χ1) is 31.9. The largest absolute Gasteiger partial charge is 0.497 e. The summed E-state index contributed by atoms with van der Waals surface area (Å²) in [5.74, 6) is 0.332. The summed E-state index contributed by atoms with van der Waals surface area (Å²) < 4.78 is 13.1. The number of anilines is 3. The van der Waals surface area contributed by atoms with Gasteiger partial charge in [-0.15, -0.1) is 0 Å². The van der Waals surface area contributed by atoms with Crippen LogP contribution in [0.15, 0.2) is 91.0 Å². The quantitative estimate of drug-likeness (QED) is 0.159. The standard InChI is InChI=1S/C54H66N4O7Si/c1-37-52(66(3,4)45-26-24-44(64-2)25-27-45)48(33-51(62)57-35-40-16-12-11-15-39(40)31-43(57)36-59)65-54(37)46-32-42(56-30-14-8-6-10-18-50(56)61)23-28-47(46)58(53(54)63)34-38-19-21-41(22-20-38)55-29-13-7-5-9-17-49(55)60/h11-12,15-16,19-28,32,37,43,48,52,59H,5-10,13-14,17-18,29-31,33-36H2,1-4H3/t37-,43+,48+,52-,54+/m1/s1. The third kappa shape index (κ3) is 8.49. The molecule has 0 aliphatic carbocycles. The van der Waals surface area contributed by atoms with Gasteiger partial charge in [-0.05, 0) is 96.8 Å². The van der Waals surface area contributed by atoms with E-state index in [4.69, 9.17) is 9.47 Å². The van der Waals surface area contributed by atoms with Crippen LogP contribution in [0.1, 0.15) is 99.8 Å². The summed E-state index contributed by atoms with van der Waals surface area (Å²) in [6.07, 6.45) is 8.91. The Labute approximate surface area is 391 Å². The third-order valence-electron chi connectivity index (χ3n) is 15.6. The SMILES string of the molecule is COc1ccc([Si](C)(C)[C@H]2[C@H](CC(=O)N3Cc4ccccc4C[C@H]3CO)O[C@@]3(C(=O)N(Cc4ccc(N5CCCCCCC5=O)cc4)c4ccc(N5CCCCCCC5=O)cc43)[C@@H]2C)cc1. The van der Waals surface area contributed by atoms with E-state index >= 15 is 4.79 Å². The molecule has 0 saturated carbocycles. The number of benzene rings is 4. The van der Waals surface area contributed by atoms with Crippen LogP contribution in [0.3, 0.4) is 0 Å². The maximum atomic E-state index is 15.9. The summed E-state index contributed by atoms with van der Waals surface area (Å²) in [5, 5.41) is 11.8. The van der Waals surface area contributed by atoms with Crippen LogP contribution in [0.5, 0.6) is 5.75 Å². The first-order valence-corrected chi connectivity index (χ1v) is 27.5. The second-order valence-electron chi connectivity index (χ2n) is 19.9. The maximum Gasteiger partial charge on any atom is 0.264 e. The highest BCUT2D eigenvalue weighted by atomic mass is 28.3. The minimum atomic E-state index is -2.62. The topological polar surface area (TPSA) is 120 Å². The second kappa shape index (κ2) is 19.1. The van der Waals surface area contributed by atoms with Crippen LogP contribution in [0.2, 0.25) is 18.6 Å². The summed E-state index contributed by atoms with van der Waals surface area (Å²) >= 11 is 0. The zero-order valence-electron chi connectivity index (χ0n) is 39.2. The fraction of sp³-hybridized carbons (Fsp3) is 0.481. The van der Waals surface area contributed by atoms with Crippen molar-refractivity contribution in [1.29, 1.82) is 0 Å². The Morgan fingerprint density at radius 1 is 0.788 bits per heavy atom. The molecule has 3 fully saturated rings. The van der Waals surface area contributed by atoms with Gasteiger partial charge in [0, 0.05) is 55.3 Å². The zero-order valence-corrected chi connectivity index (χ0v) is 40.2. The molecule has 3 saturated heterocycles. The molecule has 0 bridgehead atoms. The van der Waals surface area contributed by atoms with Gasteiger partial charge >= 0.3 is 0 Å². The van der Waals surface area contributed by atoms with Gasteiger partial charge in [-0.3, -0.25) is 19.2 Å². The summed E-state index contributed by atoms with van der Waals surface area (Å²) in [6.45, 7) is 8.58. The molecule has 5 atom stereocenters. The number of amides is 4. The van der Waals surface area contributed by atoms with Crippen LogP contribution in [0.4, 0.5) is 17.1 Å². The average molecular weight is 911 g/mol. The smallest absolute Gasteiger partial charge is 0.264 e. The molecule has 5 aliphatic rings. The van der Waals surface area contributed by atoms with Crippen molar-refractivity contribution in [2.45, 2.75) is 133 Å². The van der Waals surface area contributed by atoms with Gasteiger partial charge in [0.1, 0.15) is 5.75 Å². The van der Waals surface area contributed by atoms with E-state index in [1.165, 1.54) is 5.19 Å². The van der Waals surface area contributed by atoms with Gasteiger partial charge in [-0.1, -0.05) is 99.4 Å². The number of hydrogen-bond acceptors (Lipinski definition) is 7. The van der Waals surface area contributed by atoms with Crippen molar-refractivity contribution >= 4 is 54.0 Å². The molecule has 9 rings (SSSR count). The van der Waals surface area contributed by atoms with E-state index in [0.29, 0.717) is 38.9 Å². The van der Waals surface area contributed by atoms with Crippen molar-refractivity contribution in [3.63, 3.8) is 0 Å². The molecular weight excluding hydrogens is 845 g/mol. The fourth-order valence-corrected chi connectivity index (χ4v) is 16.0. The lowest BCUT2D eigenvalue weighted by Gasteiger charge is -2.39. The van der Waals surface area contributed by atoms with E-state index in [1.54, 1.807) is 7.11 Å². The minimum Gasteiger partial charge on any atom is -0.497 e. The molecule has 12 heteroatoms. The Morgan fingerprint density at radius 3 is 2.06 bits per heavy atom. The molecular formula is C54H66N4O7Si. The highest BCUT2D eigenvalue weighted by Gasteiger charge is 2.66. The van der Waals surface area contributed by atoms with Gasteiger partial charge in [0.2, 0.25) is 17.7 Å². The van der Waals surface area contributed by atoms with E-state index in [-0.39, 0.29) is 60.7 Å². The Hall–Kier alpha value is -5.30.